The Morgan fingerprint density at radius 1 is 1.33 bits per heavy atom. The lowest BCUT2D eigenvalue weighted by Gasteiger charge is -2.20. The zero-order valence-corrected chi connectivity index (χ0v) is 10.2. The van der Waals surface area contributed by atoms with Crippen LogP contribution in [0.25, 0.3) is 0 Å². The molecule has 0 spiro atoms. The van der Waals surface area contributed by atoms with Crippen LogP contribution in [0.4, 0.5) is 0 Å². The molecule has 0 aliphatic carbocycles. The number of carbonyl (C=O) groups is 1. The largest absolute Gasteiger partial charge is 0.455 e. The Kier molecular flexibility index (Phi) is 2.28. The molecule has 2 heterocycles. The van der Waals surface area contributed by atoms with Gasteiger partial charge in [0.25, 0.3) is 0 Å². The lowest BCUT2D eigenvalue weighted by Crippen LogP contribution is -2.35. The Balaban J connectivity index is 1.95. The van der Waals surface area contributed by atoms with E-state index in [2.05, 4.69) is 0 Å². The maximum Gasteiger partial charge on any atom is 0.338 e. The molecule has 18 heavy (non-hydrogen) atoms. The molecule has 96 valence electrons. The average molecular weight is 250 g/mol. The van der Waals surface area contributed by atoms with E-state index in [9.17, 15) is 9.90 Å². The van der Waals surface area contributed by atoms with Crippen molar-refractivity contribution in [3.63, 3.8) is 0 Å². The molecule has 1 aromatic rings. The summed E-state index contributed by atoms with van der Waals surface area (Å²) < 4.78 is 15.8. The monoisotopic (exact) mass is 250 g/mol. The third kappa shape index (κ3) is 1.47. The highest BCUT2D eigenvalue weighted by Crippen LogP contribution is 2.44. The van der Waals surface area contributed by atoms with Crippen LogP contribution >= 0.6 is 0 Å². The van der Waals surface area contributed by atoms with Gasteiger partial charge in [-0.05, 0) is 24.6 Å². The Bertz CT molecular complexity index is 508. The molecule has 5 heteroatoms. The number of ether oxygens (including phenoxy) is 3. The molecule has 3 atom stereocenters. The summed E-state index contributed by atoms with van der Waals surface area (Å²) in [5.41, 5.74) is -0.640. The van der Waals surface area contributed by atoms with Gasteiger partial charge in [-0.1, -0.05) is 13.0 Å². The quantitative estimate of drug-likeness (QED) is 0.763. The maximum atomic E-state index is 11.6. The molecule has 3 unspecified atom stereocenters. The number of cyclic esters (lactones) is 1. The average Bonchev–Trinajstić information content (AvgIpc) is 2.87. The number of fused-ring (bicyclic) bond motifs is 1. The topological polar surface area (TPSA) is 65.0 Å². The van der Waals surface area contributed by atoms with E-state index < -0.39 is 17.7 Å². The fourth-order valence-corrected chi connectivity index (χ4v) is 2.26. The molecule has 1 saturated heterocycles. The van der Waals surface area contributed by atoms with Gasteiger partial charge in [0.1, 0.15) is 6.10 Å². The number of hydrogen-bond acceptors (Lipinski definition) is 5. The predicted molar refractivity (Wildman–Crippen MR) is 61.2 cm³/mol. The summed E-state index contributed by atoms with van der Waals surface area (Å²) in [5.74, 6) is 0.424. The van der Waals surface area contributed by atoms with E-state index in [-0.39, 0.29) is 12.7 Å². The molecule has 0 aromatic heterocycles. The number of carbonyl (C=O) groups excluding carboxylic acids is 1. The van der Waals surface area contributed by atoms with E-state index in [1.165, 1.54) is 6.92 Å². The standard InChI is InChI=1S/C13H14O5/c1-7-11(18-12(14)13(7,2)15)8-3-4-9-10(5-8)17-6-16-9/h3-5,7,11,15H,6H2,1-2H3. The van der Waals surface area contributed by atoms with E-state index in [1.54, 1.807) is 19.1 Å². The molecular weight excluding hydrogens is 236 g/mol. The molecule has 3 rings (SSSR count). The summed E-state index contributed by atoms with van der Waals surface area (Å²) in [5, 5.41) is 10.0. The van der Waals surface area contributed by atoms with Crippen molar-refractivity contribution in [2.75, 3.05) is 6.79 Å². The highest BCUT2D eigenvalue weighted by atomic mass is 16.7. The highest BCUT2D eigenvalue weighted by molar-refractivity contribution is 5.81. The summed E-state index contributed by atoms with van der Waals surface area (Å²) in [6.45, 7) is 3.48. The van der Waals surface area contributed by atoms with Crippen LogP contribution in [-0.4, -0.2) is 23.5 Å². The van der Waals surface area contributed by atoms with E-state index in [0.717, 1.165) is 5.56 Å². The van der Waals surface area contributed by atoms with Crippen molar-refractivity contribution >= 4 is 5.97 Å². The van der Waals surface area contributed by atoms with Crippen molar-refractivity contribution in [3.05, 3.63) is 23.8 Å². The number of hydrogen-bond donors (Lipinski definition) is 1. The van der Waals surface area contributed by atoms with Crippen LogP contribution in [0.3, 0.4) is 0 Å². The molecule has 0 saturated carbocycles. The second-order valence-electron chi connectivity index (χ2n) is 4.87. The maximum absolute atomic E-state index is 11.6. The SMILES string of the molecule is CC1C(c2ccc3c(c2)OCO3)OC(=O)C1(C)O. The minimum atomic E-state index is -1.44. The summed E-state index contributed by atoms with van der Waals surface area (Å²) in [4.78, 5) is 11.6. The number of aliphatic hydroxyl groups is 1. The van der Waals surface area contributed by atoms with E-state index in [1.807, 2.05) is 6.07 Å². The molecule has 2 aliphatic rings. The molecule has 1 fully saturated rings. The normalized spacial score (nSPS) is 33.6. The Labute approximate surface area is 104 Å². The first-order valence-corrected chi connectivity index (χ1v) is 5.83. The second kappa shape index (κ2) is 3.62. The lowest BCUT2D eigenvalue weighted by atomic mass is 9.86. The van der Waals surface area contributed by atoms with Crippen molar-refractivity contribution in [2.24, 2.45) is 5.92 Å². The van der Waals surface area contributed by atoms with Crippen molar-refractivity contribution < 1.29 is 24.1 Å². The lowest BCUT2D eigenvalue weighted by molar-refractivity contribution is -0.154. The van der Waals surface area contributed by atoms with Gasteiger partial charge in [-0.2, -0.15) is 0 Å². The van der Waals surface area contributed by atoms with Crippen molar-refractivity contribution in [1.82, 2.24) is 0 Å². The van der Waals surface area contributed by atoms with Crippen LogP contribution < -0.4 is 9.47 Å². The van der Waals surface area contributed by atoms with Gasteiger partial charge in [-0.3, -0.25) is 0 Å². The first kappa shape index (κ1) is 11.3. The van der Waals surface area contributed by atoms with Crippen LogP contribution in [0.1, 0.15) is 25.5 Å². The summed E-state index contributed by atoms with van der Waals surface area (Å²) in [7, 11) is 0. The van der Waals surface area contributed by atoms with Crippen molar-refractivity contribution in [1.29, 1.82) is 0 Å². The molecule has 1 aromatic carbocycles. The summed E-state index contributed by atoms with van der Waals surface area (Å²) in [6.07, 6.45) is -0.456. The third-order valence-corrected chi connectivity index (χ3v) is 3.71. The fraction of sp³-hybridized carbons (Fsp3) is 0.462. The Morgan fingerprint density at radius 2 is 2.06 bits per heavy atom. The molecule has 1 N–H and O–H groups in total. The Morgan fingerprint density at radius 3 is 2.72 bits per heavy atom. The molecular formula is C13H14O5. The molecule has 0 amide bonds. The van der Waals surface area contributed by atoms with Crippen LogP contribution in [0, 0.1) is 5.92 Å². The zero-order chi connectivity index (χ0) is 12.9. The molecule has 0 radical (unpaired) electrons. The van der Waals surface area contributed by atoms with Crippen LogP contribution in [0.2, 0.25) is 0 Å². The fourth-order valence-electron chi connectivity index (χ4n) is 2.26. The zero-order valence-electron chi connectivity index (χ0n) is 10.2. The first-order chi connectivity index (χ1) is 8.50. The van der Waals surface area contributed by atoms with Gasteiger partial charge in [0.15, 0.2) is 17.1 Å². The number of benzene rings is 1. The minimum absolute atomic E-state index is 0.205. The van der Waals surface area contributed by atoms with E-state index in [4.69, 9.17) is 14.2 Å². The van der Waals surface area contributed by atoms with E-state index in [0.29, 0.717) is 11.5 Å². The van der Waals surface area contributed by atoms with Crippen molar-refractivity contribution in [2.45, 2.75) is 25.6 Å². The van der Waals surface area contributed by atoms with Gasteiger partial charge in [0, 0.05) is 5.92 Å². The van der Waals surface area contributed by atoms with Gasteiger partial charge < -0.3 is 19.3 Å². The molecule has 5 nitrogen and oxygen atoms in total. The number of esters is 1. The van der Waals surface area contributed by atoms with Crippen molar-refractivity contribution in [3.8, 4) is 11.5 Å². The van der Waals surface area contributed by atoms with Crippen LogP contribution in [0.15, 0.2) is 18.2 Å². The van der Waals surface area contributed by atoms with E-state index >= 15 is 0 Å². The van der Waals surface area contributed by atoms with Gasteiger partial charge in [-0.15, -0.1) is 0 Å². The first-order valence-electron chi connectivity index (χ1n) is 5.83. The van der Waals surface area contributed by atoms with Crippen LogP contribution in [0.5, 0.6) is 11.5 Å². The highest BCUT2D eigenvalue weighted by Gasteiger charge is 2.51. The second-order valence-corrected chi connectivity index (χ2v) is 4.87. The van der Waals surface area contributed by atoms with Gasteiger partial charge >= 0.3 is 5.97 Å². The smallest absolute Gasteiger partial charge is 0.338 e. The predicted octanol–water partition coefficient (Wildman–Crippen LogP) is 1.40. The molecule has 0 bridgehead atoms. The minimum Gasteiger partial charge on any atom is -0.455 e. The third-order valence-electron chi connectivity index (χ3n) is 3.71. The summed E-state index contributed by atoms with van der Waals surface area (Å²) in [6, 6.07) is 5.40. The Hall–Kier alpha value is -1.75. The molecule has 2 aliphatic heterocycles. The van der Waals surface area contributed by atoms with Gasteiger partial charge in [-0.25, -0.2) is 4.79 Å². The van der Waals surface area contributed by atoms with Gasteiger partial charge in [0.2, 0.25) is 6.79 Å². The van der Waals surface area contributed by atoms with Gasteiger partial charge in [0.05, 0.1) is 0 Å². The van der Waals surface area contributed by atoms with Crippen LogP contribution in [-0.2, 0) is 9.53 Å². The number of rotatable bonds is 1. The summed E-state index contributed by atoms with van der Waals surface area (Å²) >= 11 is 0.